The van der Waals surface area contributed by atoms with Gasteiger partial charge in [0.1, 0.15) is 6.33 Å². The molecule has 1 aromatic rings. The van der Waals surface area contributed by atoms with E-state index >= 15 is 0 Å². The highest BCUT2D eigenvalue weighted by atomic mass is 16.6. The maximum Gasteiger partial charge on any atom is 0.352 e. The molecule has 1 aromatic heterocycles. The molecule has 0 saturated carbocycles. The number of nitrogen functional groups attached to an aromatic ring is 1. The van der Waals surface area contributed by atoms with Crippen LogP contribution in [-0.2, 0) is 0 Å². The van der Waals surface area contributed by atoms with Crippen molar-refractivity contribution in [1.29, 1.82) is 0 Å². The number of nitrogens with one attached hydrogen (secondary N) is 1. The lowest BCUT2D eigenvalue weighted by atomic mass is 10.1. The number of nitrogens with two attached hydrogens (primary N) is 1. The van der Waals surface area contributed by atoms with Crippen molar-refractivity contribution in [1.82, 2.24) is 14.9 Å². The summed E-state index contributed by atoms with van der Waals surface area (Å²) >= 11 is 0. The fraction of sp³-hybridized carbons (Fsp3) is 0.667. The number of nitrogens with zero attached hydrogens (tertiary/aromatic N) is 4. The maximum atomic E-state index is 11.0. The van der Waals surface area contributed by atoms with Crippen LogP contribution in [0.25, 0.3) is 0 Å². The monoisotopic (exact) mass is 280 g/mol. The molecule has 1 saturated heterocycles. The number of rotatable bonds is 5. The zero-order valence-corrected chi connectivity index (χ0v) is 11.6. The van der Waals surface area contributed by atoms with Crippen LogP contribution in [0.5, 0.6) is 0 Å². The third-order valence-electron chi connectivity index (χ3n) is 3.61. The van der Waals surface area contributed by atoms with Gasteiger partial charge in [-0.25, -0.2) is 9.97 Å². The van der Waals surface area contributed by atoms with E-state index in [9.17, 15) is 10.1 Å². The Morgan fingerprint density at radius 2 is 2.15 bits per heavy atom. The molecular formula is C12H20N6O2. The molecule has 20 heavy (non-hydrogen) atoms. The van der Waals surface area contributed by atoms with Gasteiger partial charge in [0.2, 0.25) is 11.6 Å². The van der Waals surface area contributed by atoms with Gasteiger partial charge in [0.05, 0.1) is 4.92 Å². The topological polar surface area (TPSA) is 110 Å². The molecule has 2 heterocycles. The van der Waals surface area contributed by atoms with Crippen LogP contribution in [0.4, 0.5) is 17.3 Å². The van der Waals surface area contributed by atoms with Crippen molar-refractivity contribution in [3.8, 4) is 0 Å². The molecule has 1 aliphatic rings. The van der Waals surface area contributed by atoms with Crippen molar-refractivity contribution in [2.75, 3.05) is 30.7 Å². The van der Waals surface area contributed by atoms with Crippen LogP contribution in [0, 0.1) is 10.1 Å². The van der Waals surface area contributed by atoms with E-state index in [-0.39, 0.29) is 17.3 Å². The van der Waals surface area contributed by atoms with Crippen molar-refractivity contribution in [2.45, 2.75) is 32.2 Å². The number of nitro groups is 1. The van der Waals surface area contributed by atoms with E-state index in [2.05, 4.69) is 27.1 Å². The summed E-state index contributed by atoms with van der Waals surface area (Å²) in [5.74, 6) is 0.0736. The van der Waals surface area contributed by atoms with E-state index in [4.69, 9.17) is 5.73 Å². The van der Waals surface area contributed by atoms with Crippen LogP contribution in [0.2, 0.25) is 0 Å². The zero-order chi connectivity index (χ0) is 14.5. The van der Waals surface area contributed by atoms with Crippen LogP contribution < -0.4 is 11.1 Å². The van der Waals surface area contributed by atoms with Gasteiger partial charge in [-0.15, -0.1) is 0 Å². The summed E-state index contributed by atoms with van der Waals surface area (Å²) in [5.41, 5.74) is 5.28. The minimum absolute atomic E-state index is 0.113. The molecular weight excluding hydrogens is 260 g/mol. The molecule has 3 N–H and O–H groups in total. The van der Waals surface area contributed by atoms with Crippen LogP contribution in [0.15, 0.2) is 6.33 Å². The summed E-state index contributed by atoms with van der Waals surface area (Å²) in [6.07, 6.45) is 4.94. The number of hydrogen-bond acceptors (Lipinski definition) is 7. The molecule has 1 aliphatic heterocycles. The van der Waals surface area contributed by atoms with E-state index in [1.165, 1.54) is 25.6 Å². The highest BCUT2D eigenvalue weighted by Gasteiger charge is 2.22. The minimum atomic E-state index is -0.552. The first-order chi connectivity index (χ1) is 9.59. The third-order valence-corrected chi connectivity index (χ3v) is 3.61. The van der Waals surface area contributed by atoms with Crippen LogP contribution in [0.1, 0.15) is 26.2 Å². The lowest BCUT2D eigenvalue weighted by Crippen LogP contribution is -2.41. The van der Waals surface area contributed by atoms with E-state index in [0.717, 1.165) is 13.1 Å². The number of piperidine rings is 1. The van der Waals surface area contributed by atoms with Gasteiger partial charge in [0.15, 0.2) is 0 Å². The van der Waals surface area contributed by atoms with Gasteiger partial charge in [0, 0.05) is 12.6 Å². The molecule has 2 rings (SSSR count). The molecule has 1 atom stereocenters. The molecule has 8 nitrogen and oxygen atoms in total. The third kappa shape index (κ3) is 3.32. The van der Waals surface area contributed by atoms with Crippen molar-refractivity contribution in [3.05, 3.63) is 16.4 Å². The van der Waals surface area contributed by atoms with Crippen molar-refractivity contribution >= 4 is 17.3 Å². The van der Waals surface area contributed by atoms with E-state index in [0.29, 0.717) is 12.6 Å². The second-order valence-corrected chi connectivity index (χ2v) is 5.04. The minimum Gasteiger partial charge on any atom is -0.378 e. The fourth-order valence-corrected chi connectivity index (χ4v) is 2.43. The van der Waals surface area contributed by atoms with E-state index in [1.54, 1.807) is 0 Å². The Labute approximate surface area is 117 Å². The molecule has 0 spiro atoms. The van der Waals surface area contributed by atoms with Gasteiger partial charge in [-0.05, 0) is 32.9 Å². The van der Waals surface area contributed by atoms with Gasteiger partial charge < -0.3 is 11.1 Å². The average Bonchev–Trinajstić information content (AvgIpc) is 2.45. The average molecular weight is 280 g/mol. The Kier molecular flexibility index (Phi) is 4.67. The van der Waals surface area contributed by atoms with Gasteiger partial charge in [0.25, 0.3) is 0 Å². The summed E-state index contributed by atoms with van der Waals surface area (Å²) in [6, 6.07) is 0.297. The lowest BCUT2D eigenvalue weighted by molar-refractivity contribution is -0.383. The first-order valence-corrected chi connectivity index (χ1v) is 6.82. The quantitative estimate of drug-likeness (QED) is 0.617. The molecule has 0 radical (unpaired) electrons. The highest BCUT2D eigenvalue weighted by Crippen LogP contribution is 2.26. The molecule has 110 valence electrons. The molecule has 0 amide bonds. The molecule has 0 aliphatic carbocycles. The van der Waals surface area contributed by atoms with Gasteiger partial charge in [-0.2, -0.15) is 0 Å². The van der Waals surface area contributed by atoms with Crippen LogP contribution in [-0.4, -0.2) is 45.5 Å². The van der Waals surface area contributed by atoms with Gasteiger partial charge in [-0.3, -0.25) is 15.0 Å². The van der Waals surface area contributed by atoms with Crippen molar-refractivity contribution in [3.63, 3.8) is 0 Å². The fourth-order valence-electron chi connectivity index (χ4n) is 2.43. The summed E-state index contributed by atoms with van der Waals surface area (Å²) in [4.78, 5) is 20.4. The first kappa shape index (κ1) is 14.4. The smallest absolute Gasteiger partial charge is 0.352 e. The number of anilines is 2. The summed E-state index contributed by atoms with van der Waals surface area (Å²) in [5, 5.41) is 14.0. The predicted octanol–water partition coefficient (Wildman–Crippen LogP) is 1.25. The number of aromatic nitrogens is 2. The zero-order valence-electron chi connectivity index (χ0n) is 11.6. The largest absolute Gasteiger partial charge is 0.378 e. The Hall–Kier alpha value is -1.96. The normalized spacial score (nSPS) is 17.6. The lowest BCUT2D eigenvalue weighted by Gasteiger charge is -2.32. The van der Waals surface area contributed by atoms with Crippen molar-refractivity contribution < 1.29 is 4.92 Å². The van der Waals surface area contributed by atoms with E-state index in [1.807, 2.05) is 0 Å². The SMILES string of the molecule is CC(CNc1ncnc(N)c1[N+](=O)[O-])N1CCCCC1. The molecule has 0 bridgehead atoms. The van der Waals surface area contributed by atoms with Crippen molar-refractivity contribution in [2.24, 2.45) is 0 Å². The Morgan fingerprint density at radius 1 is 1.45 bits per heavy atom. The van der Waals surface area contributed by atoms with Gasteiger partial charge >= 0.3 is 5.69 Å². The van der Waals surface area contributed by atoms with E-state index < -0.39 is 4.92 Å². The molecule has 0 aromatic carbocycles. The summed E-state index contributed by atoms with van der Waals surface area (Å²) in [6.45, 7) is 4.86. The van der Waals surface area contributed by atoms with Crippen LogP contribution >= 0.6 is 0 Å². The second-order valence-electron chi connectivity index (χ2n) is 5.04. The number of likely N-dealkylation sites (tertiary alicyclic amines) is 1. The predicted molar refractivity (Wildman–Crippen MR) is 76.5 cm³/mol. The Morgan fingerprint density at radius 3 is 2.80 bits per heavy atom. The Balaban J connectivity index is 2.00. The molecule has 1 fully saturated rings. The summed E-state index contributed by atoms with van der Waals surface area (Å²) in [7, 11) is 0. The Bertz CT molecular complexity index is 475. The maximum absolute atomic E-state index is 11.0. The summed E-state index contributed by atoms with van der Waals surface area (Å²) < 4.78 is 0. The second kappa shape index (κ2) is 6.47. The molecule has 8 heteroatoms. The van der Waals surface area contributed by atoms with Gasteiger partial charge in [-0.1, -0.05) is 6.42 Å². The molecule has 1 unspecified atom stereocenters. The highest BCUT2D eigenvalue weighted by molar-refractivity contribution is 5.67. The van der Waals surface area contributed by atoms with Crippen LogP contribution in [0.3, 0.4) is 0 Å². The standard InChI is InChI=1S/C12H20N6O2/c1-9(17-5-3-2-4-6-17)7-14-12-10(18(19)20)11(13)15-8-16-12/h8-9H,2-7H2,1H3,(H3,13,14,15,16). The first-order valence-electron chi connectivity index (χ1n) is 6.82. The number of hydrogen-bond donors (Lipinski definition) is 2.